The second kappa shape index (κ2) is 10.1. The fourth-order valence-corrected chi connectivity index (χ4v) is 3.82. The van der Waals surface area contributed by atoms with Gasteiger partial charge in [0, 0.05) is 30.4 Å². The van der Waals surface area contributed by atoms with Crippen LogP contribution in [0.3, 0.4) is 0 Å². The molecule has 0 aliphatic carbocycles. The van der Waals surface area contributed by atoms with Gasteiger partial charge in [0.2, 0.25) is 0 Å². The number of nitrogens with zero attached hydrogens (tertiary/aromatic N) is 4. The second-order valence-corrected chi connectivity index (χ2v) is 7.38. The monoisotopic (exact) mass is 474 g/mol. The van der Waals surface area contributed by atoms with Gasteiger partial charge in [-0.05, 0) is 37.1 Å². The van der Waals surface area contributed by atoms with Crippen molar-refractivity contribution >= 4 is 41.3 Å². The maximum absolute atomic E-state index is 4.79. The van der Waals surface area contributed by atoms with Crippen LogP contribution in [-0.2, 0) is 19.4 Å². The molecule has 6 nitrogen and oxygen atoms in total. The first kappa shape index (κ1) is 20.2. The van der Waals surface area contributed by atoms with Crippen molar-refractivity contribution in [2.75, 3.05) is 13.1 Å². The van der Waals surface area contributed by atoms with Crippen LogP contribution >= 0.6 is 35.3 Å². The van der Waals surface area contributed by atoms with Crippen LogP contribution < -0.4 is 10.6 Å². The van der Waals surface area contributed by atoms with Crippen molar-refractivity contribution < 1.29 is 0 Å². The van der Waals surface area contributed by atoms with Crippen LogP contribution in [0.25, 0.3) is 0 Å². The number of aryl methyl sites for hydroxylation is 1. The Bertz CT molecular complexity index is 654. The molecule has 0 amide bonds. The smallest absolute Gasteiger partial charge is 0.191 e. The molecule has 0 aromatic carbocycles. The predicted octanol–water partition coefficient (Wildman–Crippen LogP) is 2.71. The molecule has 0 saturated carbocycles. The number of hydrogen-bond donors (Lipinski definition) is 2. The summed E-state index contributed by atoms with van der Waals surface area (Å²) in [6, 6.07) is 4.67. The Balaban J connectivity index is 0.00000225. The Morgan fingerprint density at radius 1 is 1.52 bits per heavy atom. The Kier molecular flexibility index (Phi) is 8.14. The lowest BCUT2D eigenvalue weighted by molar-refractivity contribution is 0.392. The van der Waals surface area contributed by atoms with Gasteiger partial charge in [-0.15, -0.1) is 35.3 Å². The molecule has 1 aliphatic rings. The maximum atomic E-state index is 4.79. The summed E-state index contributed by atoms with van der Waals surface area (Å²) in [6.45, 7) is 6.91. The van der Waals surface area contributed by atoms with Crippen molar-refractivity contribution in [2.24, 2.45) is 10.9 Å². The van der Waals surface area contributed by atoms with Crippen LogP contribution in [0, 0.1) is 5.92 Å². The molecule has 0 spiro atoms. The third kappa shape index (κ3) is 5.95. The van der Waals surface area contributed by atoms with E-state index in [9.17, 15) is 0 Å². The van der Waals surface area contributed by atoms with Gasteiger partial charge in [-0.3, -0.25) is 4.99 Å². The lowest BCUT2D eigenvalue weighted by Gasteiger charge is -2.25. The zero-order chi connectivity index (χ0) is 16.8. The van der Waals surface area contributed by atoms with Gasteiger partial charge >= 0.3 is 0 Å². The summed E-state index contributed by atoms with van der Waals surface area (Å²) in [7, 11) is 0. The molecule has 3 heterocycles. The van der Waals surface area contributed by atoms with Gasteiger partial charge in [0.1, 0.15) is 12.2 Å². The third-order valence-corrected chi connectivity index (χ3v) is 5.08. The average Bonchev–Trinajstić information content (AvgIpc) is 3.23. The van der Waals surface area contributed by atoms with E-state index < -0.39 is 0 Å². The topological polar surface area (TPSA) is 67.1 Å². The first-order chi connectivity index (χ1) is 11.7. The van der Waals surface area contributed by atoms with E-state index in [1.54, 1.807) is 6.33 Å². The summed E-state index contributed by atoms with van der Waals surface area (Å²) >= 11 is 1.82. The number of aliphatic imine (C=N–C) groups is 1. The molecular formula is C17H27IN6S. The van der Waals surface area contributed by atoms with Gasteiger partial charge in [-0.25, -0.2) is 9.67 Å². The van der Waals surface area contributed by atoms with Crippen molar-refractivity contribution in [1.82, 2.24) is 25.4 Å². The second-order valence-electron chi connectivity index (χ2n) is 6.35. The van der Waals surface area contributed by atoms with Crippen molar-refractivity contribution in [3.05, 3.63) is 34.5 Å². The van der Waals surface area contributed by atoms with Crippen molar-refractivity contribution in [1.29, 1.82) is 0 Å². The summed E-state index contributed by atoms with van der Waals surface area (Å²) in [5.74, 6) is 2.52. The Hall–Kier alpha value is -1.16. The molecule has 3 rings (SSSR count). The van der Waals surface area contributed by atoms with E-state index in [-0.39, 0.29) is 24.0 Å². The normalized spacial score (nSPS) is 18.2. The minimum Gasteiger partial charge on any atom is -0.357 e. The highest BCUT2D eigenvalue weighted by Crippen LogP contribution is 2.15. The Morgan fingerprint density at radius 2 is 2.40 bits per heavy atom. The van der Waals surface area contributed by atoms with Crippen LogP contribution in [-0.4, -0.2) is 39.9 Å². The van der Waals surface area contributed by atoms with Crippen LogP contribution in [0.15, 0.2) is 28.8 Å². The number of thiophene rings is 1. The number of fused-ring (bicyclic) bond motifs is 1. The van der Waals surface area contributed by atoms with Crippen LogP contribution in [0.5, 0.6) is 0 Å². The average molecular weight is 474 g/mol. The van der Waals surface area contributed by atoms with Gasteiger partial charge in [0.15, 0.2) is 5.96 Å². The highest BCUT2D eigenvalue weighted by molar-refractivity contribution is 14.0. The van der Waals surface area contributed by atoms with E-state index in [2.05, 4.69) is 52.1 Å². The molecule has 0 radical (unpaired) electrons. The van der Waals surface area contributed by atoms with Crippen molar-refractivity contribution in [3.63, 3.8) is 0 Å². The number of halogens is 1. The van der Waals surface area contributed by atoms with Crippen molar-refractivity contribution in [3.8, 4) is 0 Å². The standard InChI is InChI=1S/C17H26N6S.HI/c1-3-18-17(19-10-13(2)9-15-5-4-8-24-15)22-14-6-7-16-20-12-21-23(16)11-14;/h4-5,8,12-14H,3,6-7,9-11H2,1-2H3,(H2,18,19,22);1H. The van der Waals surface area contributed by atoms with Gasteiger partial charge in [-0.1, -0.05) is 13.0 Å². The molecule has 2 aromatic heterocycles. The molecule has 138 valence electrons. The van der Waals surface area contributed by atoms with E-state index in [1.165, 1.54) is 4.88 Å². The van der Waals surface area contributed by atoms with E-state index >= 15 is 0 Å². The SMILES string of the molecule is CCNC(=NCC(C)Cc1cccs1)NC1CCc2ncnn2C1.I. The summed E-state index contributed by atoms with van der Waals surface area (Å²) < 4.78 is 1.99. The number of guanidine groups is 1. The Labute approximate surface area is 170 Å². The molecule has 0 fully saturated rings. The molecule has 2 atom stereocenters. The summed E-state index contributed by atoms with van der Waals surface area (Å²) in [4.78, 5) is 10.5. The lowest BCUT2D eigenvalue weighted by atomic mass is 10.1. The van der Waals surface area contributed by atoms with Gasteiger partial charge in [0.05, 0.1) is 6.54 Å². The van der Waals surface area contributed by atoms with E-state index in [1.807, 2.05) is 16.0 Å². The van der Waals surface area contributed by atoms with Crippen LogP contribution in [0.2, 0.25) is 0 Å². The number of rotatable bonds is 6. The first-order valence-electron chi connectivity index (χ1n) is 8.68. The summed E-state index contributed by atoms with van der Waals surface area (Å²) in [6.07, 6.45) is 4.76. The van der Waals surface area contributed by atoms with E-state index in [0.717, 1.165) is 50.7 Å². The molecule has 2 N–H and O–H groups in total. The van der Waals surface area contributed by atoms with Gasteiger partial charge in [-0.2, -0.15) is 5.10 Å². The predicted molar refractivity (Wildman–Crippen MR) is 114 cm³/mol. The summed E-state index contributed by atoms with van der Waals surface area (Å²) in [5.41, 5.74) is 0. The molecule has 8 heteroatoms. The van der Waals surface area contributed by atoms with Gasteiger partial charge < -0.3 is 10.6 Å². The Morgan fingerprint density at radius 3 is 3.16 bits per heavy atom. The number of nitrogens with one attached hydrogen (secondary N) is 2. The van der Waals surface area contributed by atoms with Crippen molar-refractivity contribution in [2.45, 2.75) is 45.7 Å². The van der Waals surface area contributed by atoms with E-state index in [0.29, 0.717) is 12.0 Å². The van der Waals surface area contributed by atoms with Crippen LogP contribution in [0.1, 0.15) is 31.0 Å². The molecule has 2 aromatic rings. The largest absolute Gasteiger partial charge is 0.357 e. The minimum absolute atomic E-state index is 0. The van der Waals surface area contributed by atoms with Gasteiger partial charge in [0.25, 0.3) is 0 Å². The fourth-order valence-electron chi connectivity index (χ4n) is 2.95. The first-order valence-corrected chi connectivity index (χ1v) is 9.56. The zero-order valence-electron chi connectivity index (χ0n) is 14.8. The highest BCUT2D eigenvalue weighted by atomic mass is 127. The lowest BCUT2D eigenvalue weighted by Crippen LogP contribution is -2.47. The highest BCUT2D eigenvalue weighted by Gasteiger charge is 2.20. The molecule has 25 heavy (non-hydrogen) atoms. The molecule has 0 bridgehead atoms. The van der Waals surface area contributed by atoms with E-state index in [4.69, 9.17) is 4.99 Å². The molecule has 1 aliphatic heterocycles. The molecular weight excluding hydrogens is 447 g/mol. The zero-order valence-corrected chi connectivity index (χ0v) is 18.0. The summed E-state index contributed by atoms with van der Waals surface area (Å²) in [5, 5.41) is 13.3. The quantitative estimate of drug-likeness (QED) is 0.384. The molecule has 0 saturated heterocycles. The molecule has 2 unspecified atom stereocenters. The van der Waals surface area contributed by atoms with Crippen LogP contribution in [0.4, 0.5) is 0 Å². The minimum atomic E-state index is 0. The fraction of sp³-hybridized carbons (Fsp3) is 0.588. The third-order valence-electron chi connectivity index (χ3n) is 4.18. The maximum Gasteiger partial charge on any atom is 0.191 e. The number of hydrogen-bond acceptors (Lipinski definition) is 4. The number of aromatic nitrogens is 3.